The molecule has 1 aromatic heterocycles. The summed E-state index contributed by atoms with van der Waals surface area (Å²) in [6.07, 6.45) is 7.61. The van der Waals surface area contributed by atoms with Gasteiger partial charge in [-0.1, -0.05) is 6.07 Å². The zero-order valence-electron chi connectivity index (χ0n) is 27.3. The van der Waals surface area contributed by atoms with Crippen LogP contribution in [0, 0.1) is 34.8 Å². The molecule has 0 spiro atoms. The molecule has 4 bridgehead atoms. The molecule has 0 aliphatic heterocycles. The van der Waals surface area contributed by atoms with Gasteiger partial charge in [0, 0.05) is 24.2 Å². The number of rotatable bonds is 11. The summed E-state index contributed by atoms with van der Waals surface area (Å²) < 4.78 is 29.7. The van der Waals surface area contributed by atoms with Crippen molar-refractivity contribution >= 4 is 46.4 Å². The number of aromatic carboxylic acids is 2. The van der Waals surface area contributed by atoms with Gasteiger partial charge in [0.2, 0.25) is 5.91 Å². The number of fused-ring (bicyclic) bond motifs is 1. The number of amides is 3. The van der Waals surface area contributed by atoms with Crippen molar-refractivity contribution in [3.8, 4) is 0 Å². The Bertz CT molecular complexity index is 2010. The summed E-state index contributed by atoms with van der Waals surface area (Å²) in [5.41, 5.74) is -0.919. The van der Waals surface area contributed by atoms with Crippen LogP contribution in [0.15, 0.2) is 54.9 Å². The highest BCUT2D eigenvalue weighted by molar-refractivity contribution is 6.11. The number of hydrogen-bond donors (Lipinski definition) is 6. The summed E-state index contributed by atoms with van der Waals surface area (Å²) in [5, 5.41) is 26.9. The van der Waals surface area contributed by atoms with Crippen molar-refractivity contribution in [2.45, 2.75) is 51.0 Å². The van der Waals surface area contributed by atoms with Gasteiger partial charge < -0.3 is 31.1 Å². The fraction of sp³-hybridized carbons (Fsp3) is 0.351. The van der Waals surface area contributed by atoms with Crippen LogP contribution in [0.5, 0.6) is 0 Å². The zero-order chi connectivity index (χ0) is 36.0. The number of nitrogens with zero attached hydrogens (tertiary/aromatic N) is 1. The van der Waals surface area contributed by atoms with E-state index in [9.17, 15) is 43.0 Å². The third-order valence-electron chi connectivity index (χ3n) is 10.6. The van der Waals surface area contributed by atoms with Gasteiger partial charge in [-0.15, -0.1) is 0 Å². The molecule has 0 radical (unpaired) electrons. The number of aromatic amines is 1. The summed E-state index contributed by atoms with van der Waals surface area (Å²) in [5.74, 6) is -5.33. The van der Waals surface area contributed by atoms with Crippen LogP contribution in [0.3, 0.4) is 0 Å². The SMILES string of the molecule is O=C(O)c1cc(NC(=O)C(Cc2c(F)cccc2F)NC(=O)c2cc3nc[nH]c3cc2C(=O)NCC23CC4CC(CC(C4)C2)C3)cc(C(=O)O)c1. The van der Waals surface area contributed by atoms with Crippen molar-refractivity contribution < 1.29 is 43.0 Å². The zero-order valence-corrected chi connectivity index (χ0v) is 27.3. The van der Waals surface area contributed by atoms with Crippen molar-refractivity contribution in [1.82, 2.24) is 20.6 Å². The van der Waals surface area contributed by atoms with Crippen molar-refractivity contribution in [2.24, 2.45) is 23.2 Å². The number of carboxylic acids is 2. The Kier molecular flexibility index (Phi) is 8.77. The molecule has 8 rings (SSSR count). The number of anilines is 1. The standard InChI is InChI=1S/C37H35F2N5O7/c38-27-2-1-3-28(39)26(27)12-31(34(47)43-23-8-21(35(48)49)7-22(9-23)36(50)51)44-33(46)25-11-30-29(41-17-42-30)10-24(25)32(45)40-16-37-13-18-4-19(14-37)6-20(5-18)15-37/h1-3,7-11,17-20,31H,4-6,12-16H2,(H,40,45)(H,41,42)(H,43,47)(H,44,46)(H,48,49)(H,50,51). The predicted molar refractivity (Wildman–Crippen MR) is 179 cm³/mol. The minimum atomic E-state index is -1.68. The Morgan fingerprint density at radius 2 is 1.43 bits per heavy atom. The molecule has 1 atom stereocenters. The number of H-pyrrole nitrogens is 1. The third-order valence-corrected chi connectivity index (χ3v) is 10.6. The van der Waals surface area contributed by atoms with E-state index in [1.54, 1.807) is 0 Å². The van der Waals surface area contributed by atoms with Crippen molar-refractivity contribution in [2.75, 3.05) is 11.9 Å². The van der Waals surface area contributed by atoms with Crippen LogP contribution in [0.2, 0.25) is 0 Å². The maximum Gasteiger partial charge on any atom is 0.335 e. The van der Waals surface area contributed by atoms with Gasteiger partial charge in [-0.3, -0.25) is 14.4 Å². The number of nitrogens with one attached hydrogen (secondary N) is 4. The Balaban J connectivity index is 1.18. The average Bonchev–Trinajstić information content (AvgIpc) is 3.55. The van der Waals surface area contributed by atoms with Crippen LogP contribution in [0.1, 0.15) is 85.5 Å². The predicted octanol–water partition coefficient (Wildman–Crippen LogP) is 5.16. The Morgan fingerprint density at radius 3 is 2.02 bits per heavy atom. The topological polar surface area (TPSA) is 191 Å². The van der Waals surface area contributed by atoms with Crippen LogP contribution < -0.4 is 16.0 Å². The molecule has 4 aliphatic rings. The molecule has 12 nitrogen and oxygen atoms in total. The monoisotopic (exact) mass is 699 g/mol. The molecule has 4 aromatic rings. The lowest BCUT2D eigenvalue weighted by Gasteiger charge is -2.56. The van der Waals surface area contributed by atoms with E-state index in [0.717, 1.165) is 55.7 Å². The van der Waals surface area contributed by atoms with E-state index in [1.165, 1.54) is 37.7 Å². The number of carbonyl (C=O) groups excluding carboxylic acids is 3. The number of imidazole rings is 1. The summed E-state index contributed by atoms with van der Waals surface area (Å²) in [7, 11) is 0. The second kappa shape index (κ2) is 13.2. The minimum absolute atomic E-state index is 0.00506. The first-order valence-corrected chi connectivity index (χ1v) is 16.8. The van der Waals surface area contributed by atoms with Crippen LogP contribution >= 0.6 is 0 Å². The van der Waals surface area contributed by atoms with Crippen LogP contribution in [-0.4, -0.2) is 62.4 Å². The number of aromatic nitrogens is 2. The molecule has 3 amide bonds. The summed E-state index contributed by atoms with van der Waals surface area (Å²) >= 11 is 0. The molecule has 6 N–H and O–H groups in total. The van der Waals surface area contributed by atoms with E-state index in [2.05, 4.69) is 25.9 Å². The average molecular weight is 700 g/mol. The molecule has 51 heavy (non-hydrogen) atoms. The van der Waals surface area contributed by atoms with E-state index in [1.807, 2.05) is 0 Å². The number of carboxylic acid groups (broad SMARTS) is 2. The summed E-state index contributed by atoms with van der Waals surface area (Å²) in [6.45, 7) is 0.461. The van der Waals surface area contributed by atoms with Gasteiger partial charge in [0.05, 0.1) is 39.6 Å². The number of benzene rings is 3. The second-order valence-corrected chi connectivity index (χ2v) is 14.2. The Hall–Kier alpha value is -5.66. The van der Waals surface area contributed by atoms with E-state index >= 15 is 0 Å². The third kappa shape index (κ3) is 6.90. The molecule has 3 aromatic carbocycles. The first-order valence-electron chi connectivity index (χ1n) is 16.8. The van der Waals surface area contributed by atoms with Gasteiger partial charge in [-0.2, -0.15) is 0 Å². The number of carbonyl (C=O) groups is 5. The lowest BCUT2D eigenvalue weighted by molar-refractivity contribution is -0.118. The van der Waals surface area contributed by atoms with Crippen LogP contribution in [0.25, 0.3) is 11.0 Å². The smallest absolute Gasteiger partial charge is 0.335 e. The molecule has 14 heteroatoms. The molecule has 4 aliphatic carbocycles. The van der Waals surface area contributed by atoms with E-state index in [4.69, 9.17) is 0 Å². The summed E-state index contributed by atoms with van der Waals surface area (Å²) in [6, 6.07) is 7.22. The maximum absolute atomic E-state index is 14.8. The molecule has 4 saturated carbocycles. The molecule has 1 unspecified atom stereocenters. The molecular formula is C37H35F2N5O7. The molecular weight excluding hydrogens is 664 g/mol. The van der Waals surface area contributed by atoms with Crippen molar-refractivity contribution in [1.29, 1.82) is 0 Å². The normalized spacial score (nSPS) is 22.4. The molecule has 0 saturated heterocycles. The second-order valence-electron chi connectivity index (χ2n) is 14.2. The quantitative estimate of drug-likeness (QED) is 0.124. The van der Waals surface area contributed by atoms with Gasteiger partial charge in [-0.05, 0) is 104 Å². The van der Waals surface area contributed by atoms with E-state index < -0.39 is 70.4 Å². The molecule has 1 heterocycles. The van der Waals surface area contributed by atoms with Gasteiger partial charge in [0.25, 0.3) is 11.8 Å². The Morgan fingerprint density at radius 1 is 0.843 bits per heavy atom. The summed E-state index contributed by atoms with van der Waals surface area (Å²) in [4.78, 5) is 72.0. The van der Waals surface area contributed by atoms with Crippen molar-refractivity contribution in [3.63, 3.8) is 0 Å². The van der Waals surface area contributed by atoms with Crippen LogP contribution in [-0.2, 0) is 11.2 Å². The first kappa shape index (κ1) is 33.8. The highest BCUT2D eigenvalue weighted by Gasteiger charge is 2.50. The largest absolute Gasteiger partial charge is 0.478 e. The van der Waals surface area contributed by atoms with Gasteiger partial charge in [0.1, 0.15) is 17.7 Å². The van der Waals surface area contributed by atoms with Gasteiger partial charge in [0.15, 0.2) is 0 Å². The molecule has 4 fully saturated rings. The minimum Gasteiger partial charge on any atom is -0.478 e. The van der Waals surface area contributed by atoms with Crippen molar-refractivity contribution in [3.05, 3.63) is 94.3 Å². The first-order chi connectivity index (χ1) is 24.4. The van der Waals surface area contributed by atoms with Gasteiger partial charge in [-0.25, -0.2) is 23.4 Å². The highest BCUT2D eigenvalue weighted by atomic mass is 19.1. The fourth-order valence-corrected chi connectivity index (χ4v) is 8.78. The van der Waals surface area contributed by atoms with Gasteiger partial charge >= 0.3 is 11.9 Å². The Labute approximate surface area is 290 Å². The highest BCUT2D eigenvalue weighted by Crippen LogP contribution is 2.59. The number of hydrogen-bond acceptors (Lipinski definition) is 6. The van der Waals surface area contributed by atoms with Crippen LogP contribution in [0.4, 0.5) is 14.5 Å². The lowest BCUT2D eigenvalue weighted by atomic mass is 9.49. The lowest BCUT2D eigenvalue weighted by Crippen LogP contribution is -2.51. The van der Waals surface area contributed by atoms with E-state index in [0.29, 0.717) is 35.3 Å². The van der Waals surface area contributed by atoms with E-state index in [-0.39, 0.29) is 22.2 Å². The fourth-order valence-electron chi connectivity index (χ4n) is 8.78. The molecule has 264 valence electrons. The number of halogens is 2. The maximum atomic E-state index is 14.8.